The highest BCUT2D eigenvalue weighted by molar-refractivity contribution is 6.05. The first-order valence-corrected chi connectivity index (χ1v) is 8.59. The molecule has 0 fully saturated rings. The number of nitrogens with one attached hydrogen (secondary N) is 1. The van der Waals surface area contributed by atoms with Gasteiger partial charge in [0, 0.05) is 23.7 Å². The number of carbonyl (C=O) groups excluding carboxylic acids is 3. The van der Waals surface area contributed by atoms with Crippen LogP contribution in [0.2, 0.25) is 0 Å². The van der Waals surface area contributed by atoms with E-state index in [9.17, 15) is 14.4 Å². The molecule has 3 rings (SSSR count). The number of pyridine rings is 1. The number of Topliss-reactive ketones (excluding diaryl/α,β-unsaturated/α-hetero) is 2. The van der Waals surface area contributed by atoms with E-state index in [1.54, 1.807) is 30.6 Å². The first-order chi connectivity index (χ1) is 12.7. The number of hydrogen-bond donors (Lipinski definition) is 1. The lowest BCUT2D eigenvalue weighted by Gasteiger charge is -2.11. The minimum atomic E-state index is -1.01. The number of nitrogens with zero attached hydrogens (tertiary/aromatic N) is 2. The van der Waals surface area contributed by atoms with Crippen molar-refractivity contribution in [2.45, 2.75) is 40.7 Å². The van der Waals surface area contributed by atoms with Crippen molar-refractivity contribution in [3.8, 4) is 0 Å². The van der Waals surface area contributed by atoms with Gasteiger partial charge >= 0.3 is 5.97 Å². The lowest BCUT2D eigenvalue weighted by molar-refractivity contribution is 0.0312. The van der Waals surface area contributed by atoms with Gasteiger partial charge in [-0.05, 0) is 57.9 Å². The first-order valence-electron chi connectivity index (χ1n) is 8.59. The Kier molecular flexibility index (Phi) is 4.70. The van der Waals surface area contributed by atoms with Crippen molar-refractivity contribution in [1.82, 2.24) is 14.4 Å². The van der Waals surface area contributed by atoms with Gasteiger partial charge in [-0.2, -0.15) is 0 Å². The standard InChI is InChI=1S/C20H21N3O4/c1-10-6-7-23-9-15(22-16(23)8-10)20(26)27-14(5)19(25)18-11(2)17(13(4)24)12(3)21-18/h6-9,14,21H,1-5H3. The summed E-state index contributed by atoms with van der Waals surface area (Å²) in [5.74, 6) is -1.19. The van der Waals surface area contributed by atoms with Gasteiger partial charge < -0.3 is 14.1 Å². The first kappa shape index (κ1) is 18.6. The number of carbonyl (C=O) groups is 3. The highest BCUT2D eigenvalue weighted by Crippen LogP contribution is 2.21. The van der Waals surface area contributed by atoms with E-state index in [1.165, 1.54) is 13.8 Å². The van der Waals surface area contributed by atoms with E-state index < -0.39 is 17.9 Å². The topological polar surface area (TPSA) is 93.5 Å². The maximum atomic E-state index is 12.7. The zero-order valence-electron chi connectivity index (χ0n) is 15.9. The Balaban J connectivity index is 1.80. The maximum absolute atomic E-state index is 12.7. The predicted octanol–water partition coefficient (Wildman–Crippen LogP) is 3.22. The van der Waals surface area contributed by atoms with Crippen molar-refractivity contribution in [3.05, 3.63) is 58.3 Å². The molecule has 0 aliphatic carbocycles. The van der Waals surface area contributed by atoms with Crippen LogP contribution in [-0.2, 0) is 4.74 Å². The molecule has 0 aliphatic heterocycles. The summed E-state index contributed by atoms with van der Waals surface area (Å²) in [5.41, 5.74) is 3.74. The van der Waals surface area contributed by atoms with E-state index in [0.717, 1.165) is 5.56 Å². The average molecular weight is 367 g/mol. The smallest absolute Gasteiger partial charge is 0.359 e. The van der Waals surface area contributed by atoms with Gasteiger partial charge in [-0.1, -0.05) is 0 Å². The summed E-state index contributed by atoms with van der Waals surface area (Å²) in [5, 5.41) is 0. The molecule has 1 N–H and O–H groups in total. The molecule has 0 amide bonds. The third kappa shape index (κ3) is 3.40. The zero-order valence-corrected chi connectivity index (χ0v) is 15.9. The lowest BCUT2D eigenvalue weighted by atomic mass is 10.0. The minimum Gasteiger partial charge on any atom is -0.449 e. The fraction of sp³-hybridized carbons (Fsp3) is 0.300. The molecular formula is C20H21N3O4. The summed E-state index contributed by atoms with van der Waals surface area (Å²) in [7, 11) is 0. The summed E-state index contributed by atoms with van der Waals surface area (Å²) in [6.45, 7) is 8.32. The van der Waals surface area contributed by atoms with Gasteiger partial charge in [-0.25, -0.2) is 9.78 Å². The second-order valence-electron chi connectivity index (χ2n) is 6.69. The van der Waals surface area contributed by atoms with E-state index in [-0.39, 0.29) is 17.2 Å². The quantitative estimate of drug-likeness (QED) is 0.552. The Morgan fingerprint density at radius 1 is 1.22 bits per heavy atom. The van der Waals surface area contributed by atoms with Gasteiger partial charge in [-0.3, -0.25) is 9.59 Å². The average Bonchev–Trinajstić information content (AvgIpc) is 3.14. The summed E-state index contributed by atoms with van der Waals surface area (Å²) in [4.78, 5) is 44.0. The lowest BCUT2D eigenvalue weighted by Crippen LogP contribution is -2.25. The van der Waals surface area contributed by atoms with Gasteiger partial charge in [0.05, 0.1) is 5.69 Å². The summed E-state index contributed by atoms with van der Waals surface area (Å²) in [6, 6.07) is 3.75. The molecule has 1 atom stereocenters. The van der Waals surface area contributed by atoms with Gasteiger partial charge in [0.25, 0.3) is 0 Å². The molecule has 0 aromatic carbocycles. The van der Waals surface area contributed by atoms with Gasteiger partial charge in [0.2, 0.25) is 5.78 Å². The molecule has 0 spiro atoms. The van der Waals surface area contributed by atoms with Gasteiger partial charge in [-0.15, -0.1) is 0 Å². The Morgan fingerprint density at radius 2 is 1.93 bits per heavy atom. The van der Waals surface area contributed by atoms with Crippen molar-refractivity contribution in [3.63, 3.8) is 0 Å². The molecule has 1 unspecified atom stereocenters. The molecule has 3 aromatic heterocycles. The normalized spacial score (nSPS) is 12.2. The highest BCUT2D eigenvalue weighted by atomic mass is 16.5. The number of ketones is 2. The van der Waals surface area contributed by atoms with Crippen molar-refractivity contribution in [2.24, 2.45) is 0 Å². The molecule has 7 nitrogen and oxygen atoms in total. The second-order valence-corrected chi connectivity index (χ2v) is 6.69. The van der Waals surface area contributed by atoms with Crippen LogP contribution < -0.4 is 0 Å². The maximum Gasteiger partial charge on any atom is 0.359 e. The van der Waals surface area contributed by atoms with E-state index in [1.807, 2.05) is 19.1 Å². The van der Waals surface area contributed by atoms with Crippen LogP contribution in [-0.4, -0.2) is 38.0 Å². The molecule has 7 heteroatoms. The molecule has 0 bridgehead atoms. The van der Waals surface area contributed by atoms with Gasteiger partial charge in [0.1, 0.15) is 5.65 Å². The molecule has 3 heterocycles. The van der Waals surface area contributed by atoms with Crippen LogP contribution in [0.1, 0.15) is 62.0 Å². The van der Waals surface area contributed by atoms with E-state index >= 15 is 0 Å². The Bertz CT molecular complexity index is 1070. The molecule has 140 valence electrons. The summed E-state index contributed by atoms with van der Waals surface area (Å²) in [6.07, 6.45) is 2.35. The number of rotatable bonds is 5. The van der Waals surface area contributed by atoms with Crippen LogP contribution in [0.4, 0.5) is 0 Å². The second kappa shape index (κ2) is 6.83. The number of esters is 1. The number of hydrogen-bond acceptors (Lipinski definition) is 5. The van der Waals surface area contributed by atoms with Crippen LogP contribution in [0, 0.1) is 20.8 Å². The van der Waals surface area contributed by atoms with Crippen LogP contribution in [0.5, 0.6) is 0 Å². The van der Waals surface area contributed by atoms with Crippen LogP contribution in [0.3, 0.4) is 0 Å². The molecule has 0 radical (unpaired) electrons. The Labute approximate surface area is 156 Å². The number of aryl methyl sites for hydroxylation is 2. The minimum absolute atomic E-state index is 0.120. The number of aromatic nitrogens is 3. The van der Waals surface area contributed by atoms with Crippen LogP contribution >= 0.6 is 0 Å². The fourth-order valence-corrected chi connectivity index (χ4v) is 3.18. The molecule has 0 saturated heterocycles. The van der Waals surface area contributed by atoms with Crippen LogP contribution in [0.25, 0.3) is 5.65 Å². The van der Waals surface area contributed by atoms with E-state index in [4.69, 9.17) is 4.74 Å². The SMILES string of the molecule is CC(=O)c1c(C)[nH]c(C(=O)C(C)OC(=O)c2cn3ccc(C)cc3n2)c1C. The predicted molar refractivity (Wildman–Crippen MR) is 99.4 cm³/mol. The van der Waals surface area contributed by atoms with E-state index in [0.29, 0.717) is 22.5 Å². The summed E-state index contributed by atoms with van der Waals surface area (Å²) >= 11 is 0. The molecular weight excluding hydrogens is 346 g/mol. The largest absolute Gasteiger partial charge is 0.449 e. The molecule has 3 aromatic rings. The van der Waals surface area contributed by atoms with E-state index in [2.05, 4.69) is 9.97 Å². The number of H-pyrrole nitrogens is 1. The van der Waals surface area contributed by atoms with Crippen LogP contribution in [0.15, 0.2) is 24.5 Å². The number of fused-ring (bicyclic) bond motifs is 1. The Hall–Kier alpha value is -3.22. The van der Waals surface area contributed by atoms with Crippen molar-refractivity contribution in [1.29, 1.82) is 0 Å². The molecule has 27 heavy (non-hydrogen) atoms. The van der Waals surface area contributed by atoms with Gasteiger partial charge in [0.15, 0.2) is 17.6 Å². The zero-order chi connectivity index (χ0) is 19.9. The number of imidazole rings is 1. The van der Waals surface area contributed by atoms with Crippen molar-refractivity contribution < 1.29 is 19.1 Å². The monoisotopic (exact) mass is 367 g/mol. The fourth-order valence-electron chi connectivity index (χ4n) is 3.18. The molecule has 0 saturated carbocycles. The van der Waals surface area contributed by atoms with Crippen molar-refractivity contribution in [2.75, 3.05) is 0 Å². The Morgan fingerprint density at radius 3 is 2.56 bits per heavy atom. The molecule has 0 aliphatic rings. The van der Waals surface area contributed by atoms with Crippen molar-refractivity contribution >= 4 is 23.2 Å². The third-order valence-corrected chi connectivity index (χ3v) is 4.51. The summed E-state index contributed by atoms with van der Waals surface area (Å²) < 4.78 is 7.02. The highest BCUT2D eigenvalue weighted by Gasteiger charge is 2.27. The number of aromatic amines is 1. The number of ether oxygens (including phenoxy) is 1. The third-order valence-electron chi connectivity index (χ3n) is 4.51.